The van der Waals surface area contributed by atoms with E-state index in [0.717, 1.165) is 89.9 Å². The molecule has 0 aliphatic carbocycles. The maximum atomic E-state index is 5.80. The second-order valence-corrected chi connectivity index (χ2v) is 7.20. The molecule has 2 heterocycles. The Hall–Kier alpha value is -1.06. The van der Waals surface area contributed by atoms with Crippen LogP contribution in [0.1, 0.15) is 30.4 Å². The number of halogens is 1. The van der Waals surface area contributed by atoms with Crippen LogP contribution in [0, 0.1) is 5.92 Å². The largest absolute Gasteiger partial charge is 0.493 e. The van der Waals surface area contributed by atoms with Crippen molar-refractivity contribution in [2.24, 2.45) is 10.9 Å². The molecule has 3 rings (SSSR count). The SMILES string of the molecule is CN=C(NCCCOCC1CCOCC1)NCCc1ccc2c(c1)CCO2.I. The number of aliphatic imine (C=N–C) groups is 1. The highest BCUT2D eigenvalue weighted by molar-refractivity contribution is 14.0. The normalized spacial score (nSPS) is 16.8. The number of hydrogen-bond donors (Lipinski definition) is 2. The molecule has 1 saturated heterocycles. The lowest BCUT2D eigenvalue weighted by molar-refractivity contribution is 0.0203. The fraction of sp³-hybridized carbons (Fsp3) is 0.667. The van der Waals surface area contributed by atoms with Crippen molar-refractivity contribution >= 4 is 29.9 Å². The predicted molar refractivity (Wildman–Crippen MR) is 123 cm³/mol. The van der Waals surface area contributed by atoms with Crippen LogP contribution in [0.25, 0.3) is 0 Å². The average molecular weight is 503 g/mol. The predicted octanol–water partition coefficient (Wildman–Crippen LogP) is 2.78. The monoisotopic (exact) mass is 503 g/mol. The van der Waals surface area contributed by atoms with Gasteiger partial charge >= 0.3 is 0 Å². The van der Waals surface area contributed by atoms with Gasteiger partial charge < -0.3 is 24.8 Å². The summed E-state index contributed by atoms with van der Waals surface area (Å²) in [5.41, 5.74) is 2.67. The van der Waals surface area contributed by atoms with E-state index in [2.05, 4.69) is 33.8 Å². The van der Waals surface area contributed by atoms with Crippen molar-refractivity contribution in [2.45, 2.75) is 32.1 Å². The smallest absolute Gasteiger partial charge is 0.190 e. The molecule has 0 amide bonds. The van der Waals surface area contributed by atoms with E-state index in [1.165, 1.54) is 11.1 Å². The van der Waals surface area contributed by atoms with E-state index >= 15 is 0 Å². The summed E-state index contributed by atoms with van der Waals surface area (Å²) in [5.74, 6) is 2.57. The third-order valence-corrected chi connectivity index (χ3v) is 5.14. The fourth-order valence-electron chi connectivity index (χ4n) is 3.49. The Kier molecular flexibility index (Phi) is 11.0. The molecule has 0 aromatic heterocycles. The maximum absolute atomic E-state index is 5.80. The first kappa shape index (κ1) is 23.2. The van der Waals surface area contributed by atoms with Gasteiger partial charge in [0.25, 0.3) is 0 Å². The molecular weight excluding hydrogens is 469 g/mol. The van der Waals surface area contributed by atoms with Gasteiger partial charge in [-0.25, -0.2) is 0 Å². The highest BCUT2D eigenvalue weighted by Gasteiger charge is 2.13. The van der Waals surface area contributed by atoms with Gasteiger partial charge in [-0.1, -0.05) is 12.1 Å². The van der Waals surface area contributed by atoms with E-state index in [0.29, 0.717) is 5.92 Å². The van der Waals surface area contributed by atoms with Crippen molar-refractivity contribution in [3.05, 3.63) is 29.3 Å². The molecule has 0 saturated carbocycles. The van der Waals surface area contributed by atoms with Crippen LogP contribution in [-0.2, 0) is 22.3 Å². The third kappa shape index (κ3) is 7.75. The molecular formula is C21H34IN3O3. The molecule has 2 aliphatic rings. The van der Waals surface area contributed by atoms with Crippen molar-refractivity contribution in [1.29, 1.82) is 0 Å². The molecule has 0 unspecified atom stereocenters. The summed E-state index contributed by atoms with van der Waals surface area (Å²) < 4.78 is 16.7. The second-order valence-electron chi connectivity index (χ2n) is 7.20. The number of guanidine groups is 1. The Balaban J connectivity index is 0.00000280. The van der Waals surface area contributed by atoms with Crippen molar-refractivity contribution in [3.63, 3.8) is 0 Å². The van der Waals surface area contributed by atoms with Gasteiger partial charge in [0.15, 0.2) is 5.96 Å². The molecule has 1 fully saturated rings. The molecule has 2 aliphatic heterocycles. The van der Waals surface area contributed by atoms with E-state index in [9.17, 15) is 0 Å². The number of ether oxygens (including phenoxy) is 3. The minimum Gasteiger partial charge on any atom is -0.493 e. The van der Waals surface area contributed by atoms with E-state index < -0.39 is 0 Å². The highest BCUT2D eigenvalue weighted by atomic mass is 127. The van der Waals surface area contributed by atoms with Crippen molar-refractivity contribution in [2.75, 3.05) is 53.2 Å². The first-order valence-electron chi connectivity index (χ1n) is 10.2. The zero-order valence-electron chi connectivity index (χ0n) is 16.9. The highest BCUT2D eigenvalue weighted by Crippen LogP contribution is 2.25. The average Bonchev–Trinajstić information content (AvgIpc) is 3.18. The van der Waals surface area contributed by atoms with Gasteiger partial charge in [0.2, 0.25) is 0 Å². The number of nitrogens with one attached hydrogen (secondary N) is 2. The lowest BCUT2D eigenvalue weighted by Gasteiger charge is -2.21. The first-order valence-corrected chi connectivity index (χ1v) is 10.2. The van der Waals surface area contributed by atoms with E-state index in [-0.39, 0.29) is 24.0 Å². The Labute approximate surface area is 185 Å². The van der Waals surface area contributed by atoms with Crippen LogP contribution < -0.4 is 15.4 Å². The minimum absolute atomic E-state index is 0. The van der Waals surface area contributed by atoms with Crippen LogP contribution >= 0.6 is 24.0 Å². The van der Waals surface area contributed by atoms with Gasteiger partial charge in [-0.15, -0.1) is 24.0 Å². The van der Waals surface area contributed by atoms with E-state index in [1.807, 2.05) is 7.05 Å². The van der Waals surface area contributed by atoms with E-state index in [1.54, 1.807) is 0 Å². The summed E-state index contributed by atoms with van der Waals surface area (Å²) in [7, 11) is 1.81. The van der Waals surface area contributed by atoms with Crippen LogP contribution in [-0.4, -0.2) is 59.1 Å². The number of benzene rings is 1. The zero-order valence-corrected chi connectivity index (χ0v) is 19.2. The van der Waals surface area contributed by atoms with Crippen molar-refractivity contribution in [3.8, 4) is 5.75 Å². The lowest BCUT2D eigenvalue weighted by Crippen LogP contribution is -2.39. The van der Waals surface area contributed by atoms with Crippen LogP contribution in [0.4, 0.5) is 0 Å². The summed E-state index contributed by atoms with van der Waals surface area (Å²) in [6.07, 6.45) is 5.24. The lowest BCUT2D eigenvalue weighted by atomic mass is 10.0. The summed E-state index contributed by atoms with van der Waals surface area (Å²) in [4.78, 5) is 4.29. The van der Waals surface area contributed by atoms with Crippen LogP contribution in [0.15, 0.2) is 23.2 Å². The van der Waals surface area contributed by atoms with Crippen LogP contribution in [0.5, 0.6) is 5.75 Å². The fourth-order valence-corrected chi connectivity index (χ4v) is 3.49. The summed E-state index contributed by atoms with van der Waals surface area (Å²) in [6.45, 7) is 5.96. The van der Waals surface area contributed by atoms with Gasteiger partial charge in [0, 0.05) is 53.0 Å². The quantitative estimate of drug-likeness (QED) is 0.235. The van der Waals surface area contributed by atoms with Gasteiger partial charge in [0.05, 0.1) is 6.61 Å². The Morgan fingerprint density at radius 1 is 1.18 bits per heavy atom. The molecule has 0 radical (unpaired) electrons. The van der Waals surface area contributed by atoms with E-state index in [4.69, 9.17) is 14.2 Å². The topological polar surface area (TPSA) is 64.1 Å². The molecule has 7 heteroatoms. The third-order valence-electron chi connectivity index (χ3n) is 5.14. The Morgan fingerprint density at radius 3 is 2.82 bits per heavy atom. The first-order chi connectivity index (χ1) is 13.3. The van der Waals surface area contributed by atoms with Gasteiger partial charge in [-0.2, -0.15) is 0 Å². The number of hydrogen-bond acceptors (Lipinski definition) is 4. The van der Waals surface area contributed by atoms with Crippen molar-refractivity contribution in [1.82, 2.24) is 10.6 Å². The summed E-state index contributed by atoms with van der Waals surface area (Å²) in [6, 6.07) is 6.50. The molecule has 1 aromatic rings. The molecule has 0 atom stereocenters. The van der Waals surface area contributed by atoms with Crippen LogP contribution in [0.3, 0.4) is 0 Å². The molecule has 0 bridgehead atoms. The number of rotatable bonds is 9. The second kappa shape index (κ2) is 13.2. The molecule has 6 nitrogen and oxygen atoms in total. The van der Waals surface area contributed by atoms with Gasteiger partial charge in [-0.05, 0) is 48.8 Å². The molecule has 1 aromatic carbocycles. The van der Waals surface area contributed by atoms with Crippen molar-refractivity contribution < 1.29 is 14.2 Å². The molecule has 2 N–H and O–H groups in total. The summed E-state index contributed by atoms with van der Waals surface area (Å²) >= 11 is 0. The Morgan fingerprint density at radius 2 is 2.00 bits per heavy atom. The van der Waals surface area contributed by atoms with Crippen LogP contribution in [0.2, 0.25) is 0 Å². The Bertz CT molecular complexity index is 607. The minimum atomic E-state index is 0. The molecule has 0 spiro atoms. The zero-order chi connectivity index (χ0) is 18.7. The number of nitrogens with zero attached hydrogens (tertiary/aromatic N) is 1. The number of fused-ring (bicyclic) bond motifs is 1. The van der Waals surface area contributed by atoms with Gasteiger partial charge in [0.1, 0.15) is 5.75 Å². The summed E-state index contributed by atoms with van der Waals surface area (Å²) in [5, 5.41) is 6.74. The molecule has 158 valence electrons. The standard InChI is InChI=1S/C21H33N3O3.HI/c1-22-21(23-9-2-11-26-16-18-6-12-25-13-7-18)24-10-5-17-3-4-20-19(15-17)8-14-27-20;/h3-4,15,18H,2,5-14,16H2,1H3,(H2,22,23,24);1H. The van der Waals surface area contributed by atoms with Gasteiger partial charge in [-0.3, -0.25) is 4.99 Å². The molecule has 28 heavy (non-hydrogen) atoms. The maximum Gasteiger partial charge on any atom is 0.190 e.